The number of nitrogens with one attached hydrogen (secondary N) is 1. The molecule has 1 aliphatic rings. The van der Waals surface area contributed by atoms with Gasteiger partial charge in [-0.05, 0) is 44.0 Å². The lowest BCUT2D eigenvalue weighted by molar-refractivity contribution is -0.117. The fraction of sp³-hybridized carbons (Fsp3) is 0.500. The Balaban J connectivity index is 1.95. The number of nitrogen functional groups attached to an aromatic ring is 1. The van der Waals surface area contributed by atoms with Gasteiger partial charge in [-0.15, -0.1) is 0 Å². The van der Waals surface area contributed by atoms with Gasteiger partial charge in [0.1, 0.15) is 0 Å². The number of hydrogen-bond acceptors (Lipinski definition) is 4. The molecule has 1 aliphatic heterocycles. The van der Waals surface area contributed by atoms with E-state index < -0.39 is 0 Å². The predicted octanol–water partition coefficient (Wildman–Crippen LogP) is 0.972. The van der Waals surface area contributed by atoms with E-state index in [0.717, 1.165) is 30.6 Å². The van der Waals surface area contributed by atoms with Crippen molar-refractivity contribution in [2.24, 2.45) is 0 Å². The zero-order valence-corrected chi connectivity index (χ0v) is 11.2. The van der Waals surface area contributed by atoms with Crippen molar-refractivity contribution in [1.29, 1.82) is 0 Å². The first-order chi connectivity index (χ1) is 9.10. The number of nitrogens with two attached hydrogens (primary N) is 1. The fourth-order valence-electron chi connectivity index (χ4n) is 2.46. The van der Waals surface area contributed by atoms with Crippen molar-refractivity contribution in [1.82, 2.24) is 4.90 Å². The number of aliphatic hydroxyl groups is 1. The van der Waals surface area contributed by atoms with E-state index in [4.69, 9.17) is 5.73 Å². The molecule has 1 aromatic rings. The molecule has 5 heteroatoms. The number of anilines is 2. The fourth-order valence-corrected chi connectivity index (χ4v) is 2.46. The first kappa shape index (κ1) is 13.8. The molecule has 19 heavy (non-hydrogen) atoms. The molecule has 104 valence electrons. The number of aryl methyl sites for hydroxylation is 1. The Morgan fingerprint density at radius 3 is 3.11 bits per heavy atom. The van der Waals surface area contributed by atoms with Crippen LogP contribution in [0.15, 0.2) is 18.2 Å². The van der Waals surface area contributed by atoms with Crippen molar-refractivity contribution in [2.75, 3.05) is 30.7 Å². The minimum absolute atomic E-state index is 0.0611. The lowest BCUT2D eigenvalue weighted by Crippen LogP contribution is -2.38. The highest BCUT2D eigenvalue weighted by molar-refractivity contribution is 5.93. The normalized spacial score (nSPS) is 19.6. The highest BCUT2D eigenvalue weighted by atomic mass is 16.3. The monoisotopic (exact) mass is 263 g/mol. The molecule has 0 spiro atoms. The molecule has 1 unspecified atom stereocenters. The van der Waals surface area contributed by atoms with Crippen molar-refractivity contribution in [2.45, 2.75) is 25.8 Å². The van der Waals surface area contributed by atoms with Gasteiger partial charge in [-0.3, -0.25) is 9.69 Å². The van der Waals surface area contributed by atoms with Gasteiger partial charge < -0.3 is 16.2 Å². The minimum Gasteiger partial charge on any atom is -0.399 e. The van der Waals surface area contributed by atoms with Gasteiger partial charge in [0.05, 0.1) is 13.2 Å². The van der Waals surface area contributed by atoms with Crippen LogP contribution in [-0.4, -0.2) is 41.7 Å². The van der Waals surface area contributed by atoms with Crippen LogP contribution in [0.25, 0.3) is 0 Å². The maximum Gasteiger partial charge on any atom is 0.238 e. The second-order valence-corrected chi connectivity index (χ2v) is 5.07. The SMILES string of the molecule is Cc1ccc(N)cc1NC(=O)CN1CCCC1CO. The molecule has 0 aromatic heterocycles. The first-order valence-electron chi connectivity index (χ1n) is 6.61. The third-order valence-corrected chi connectivity index (χ3v) is 3.59. The highest BCUT2D eigenvalue weighted by Crippen LogP contribution is 2.19. The number of nitrogens with zero attached hydrogens (tertiary/aromatic N) is 1. The van der Waals surface area contributed by atoms with Gasteiger partial charge in [0.2, 0.25) is 5.91 Å². The van der Waals surface area contributed by atoms with Crippen molar-refractivity contribution in [3.63, 3.8) is 0 Å². The van der Waals surface area contributed by atoms with Crippen LogP contribution < -0.4 is 11.1 Å². The highest BCUT2D eigenvalue weighted by Gasteiger charge is 2.25. The molecule has 0 radical (unpaired) electrons. The van der Waals surface area contributed by atoms with E-state index in [9.17, 15) is 9.90 Å². The summed E-state index contributed by atoms with van der Waals surface area (Å²) < 4.78 is 0. The van der Waals surface area contributed by atoms with Gasteiger partial charge in [-0.1, -0.05) is 6.07 Å². The molecule has 2 rings (SSSR count). The summed E-state index contributed by atoms with van der Waals surface area (Å²) in [5, 5.41) is 12.1. The van der Waals surface area contributed by atoms with Crippen molar-refractivity contribution in [3.8, 4) is 0 Å². The Hall–Kier alpha value is -1.59. The molecular weight excluding hydrogens is 242 g/mol. The van der Waals surface area contributed by atoms with Crippen molar-refractivity contribution < 1.29 is 9.90 Å². The Morgan fingerprint density at radius 1 is 1.58 bits per heavy atom. The van der Waals surface area contributed by atoms with Crippen molar-refractivity contribution >= 4 is 17.3 Å². The largest absolute Gasteiger partial charge is 0.399 e. The van der Waals surface area contributed by atoms with Gasteiger partial charge in [0, 0.05) is 17.4 Å². The van der Waals surface area contributed by atoms with Crippen LogP contribution in [0.3, 0.4) is 0 Å². The maximum absolute atomic E-state index is 12.0. The predicted molar refractivity (Wildman–Crippen MR) is 75.9 cm³/mol. The Kier molecular flexibility index (Phi) is 4.39. The molecule has 1 aromatic carbocycles. The number of carbonyl (C=O) groups excluding carboxylic acids is 1. The quantitative estimate of drug-likeness (QED) is 0.707. The third kappa shape index (κ3) is 3.45. The summed E-state index contributed by atoms with van der Waals surface area (Å²) in [6, 6.07) is 5.58. The van der Waals surface area contributed by atoms with Gasteiger partial charge >= 0.3 is 0 Å². The van der Waals surface area contributed by atoms with E-state index in [2.05, 4.69) is 5.32 Å². The van der Waals surface area contributed by atoms with Gasteiger partial charge in [-0.25, -0.2) is 0 Å². The molecule has 0 aliphatic carbocycles. The summed E-state index contributed by atoms with van der Waals surface area (Å²) in [7, 11) is 0. The van der Waals surface area contributed by atoms with E-state index in [1.165, 1.54) is 0 Å². The van der Waals surface area contributed by atoms with E-state index in [1.54, 1.807) is 6.07 Å². The average molecular weight is 263 g/mol. The maximum atomic E-state index is 12.0. The second kappa shape index (κ2) is 6.04. The average Bonchev–Trinajstić information content (AvgIpc) is 2.81. The molecule has 0 saturated carbocycles. The van der Waals surface area contributed by atoms with E-state index >= 15 is 0 Å². The molecule has 0 bridgehead atoms. The third-order valence-electron chi connectivity index (χ3n) is 3.59. The standard InChI is InChI=1S/C14H21N3O2/c1-10-4-5-11(15)7-13(10)16-14(19)8-17-6-2-3-12(17)9-18/h4-5,7,12,18H,2-3,6,8-9,15H2,1H3,(H,16,19). The molecule has 1 saturated heterocycles. The summed E-state index contributed by atoms with van der Waals surface area (Å²) in [6.07, 6.45) is 2.00. The zero-order chi connectivity index (χ0) is 13.8. The van der Waals surface area contributed by atoms with Crippen LogP contribution in [0, 0.1) is 6.92 Å². The summed E-state index contributed by atoms with van der Waals surface area (Å²) in [5.74, 6) is -0.0611. The number of benzene rings is 1. The van der Waals surface area contributed by atoms with E-state index in [-0.39, 0.29) is 18.6 Å². The number of aliphatic hydroxyl groups excluding tert-OH is 1. The van der Waals surface area contributed by atoms with Crippen LogP contribution >= 0.6 is 0 Å². The smallest absolute Gasteiger partial charge is 0.238 e. The number of hydrogen-bond donors (Lipinski definition) is 3. The lowest BCUT2D eigenvalue weighted by Gasteiger charge is -2.22. The molecule has 1 atom stereocenters. The Morgan fingerprint density at radius 2 is 2.37 bits per heavy atom. The van der Waals surface area contributed by atoms with Gasteiger partial charge in [0.15, 0.2) is 0 Å². The van der Waals surface area contributed by atoms with Crippen molar-refractivity contribution in [3.05, 3.63) is 23.8 Å². The molecule has 5 nitrogen and oxygen atoms in total. The molecule has 1 heterocycles. The molecule has 4 N–H and O–H groups in total. The van der Waals surface area contributed by atoms with Gasteiger partial charge in [0.25, 0.3) is 0 Å². The lowest BCUT2D eigenvalue weighted by atomic mass is 10.2. The van der Waals surface area contributed by atoms with Gasteiger partial charge in [-0.2, -0.15) is 0 Å². The number of likely N-dealkylation sites (tertiary alicyclic amines) is 1. The first-order valence-corrected chi connectivity index (χ1v) is 6.61. The second-order valence-electron chi connectivity index (χ2n) is 5.07. The summed E-state index contributed by atoms with van der Waals surface area (Å²) >= 11 is 0. The summed E-state index contributed by atoms with van der Waals surface area (Å²) in [4.78, 5) is 14.0. The van der Waals surface area contributed by atoms with Crippen LogP contribution in [0.2, 0.25) is 0 Å². The molecule has 1 amide bonds. The van der Waals surface area contributed by atoms with E-state index in [1.807, 2.05) is 24.0 Å². The number of rotatable bonds is 4. The summed E-state index contributed by atoms with van der Waals surface area (Å²) in [5.41, 5.74) is 8.09. The van der Waals surface area contributed by atoms with Crippen LogP contribution in [0.4, 0.5) is 11.4 Å². The number of carbonyl (C=O) groups is 1. The summed E-state index contributed by atoms with van der Waals surface area (Å²) in [6.45, 7) is 3.24. The molecular formula is C14H21N3O2. The zero-order valence-electron chi connectivity index (χ0n) is 11.2. The van der Waals surface area contributed by atoms with Crippen LogP contribution in [0.5, 0.6) is 0 Å². The number of amides is 1. The topological polar surface area (TPSA) is 78.6 Å². The Labute approximate surface area is 113 Å². The molecule has 1 fully saturated rings. The van der Waals surface area contributed by atoms with Crippen LogP contribution in [-0.2, 0) is 4.79 Å². The van der Waals surface area contributed by atoms with E-state index in [0.29, 0.717) is 12.2 Å². The van der Waals surface area contributed by atoms with Crippen LogP contribution in [0.1, 0.15) is 18.4 Å². The Bertz CT molecular complexity index is 462. The minimum atomic E-state index is -0.0611.